The molecule has 1 aliphatic heterocycles. The molecule has 192 valence electrons. The number of aromatic hydroxyl groups is 1. The van der Waals surface area contributed by atoms with Crippen molar-refractivity contribution in [2.75, 3.05) is 24.4 Å². The molecule has 1 amide bonds. The maximum absolute atomic E-state index is 12.3. The Bertz CT molecular complexity index is 1300. The SMILES string of the molecule is C=C(Nc1c(C)cc(O)cc1OC)c1ccc(Oc2cc3c(cc2Cl)N(C)C(=O)CC3(C)C)o1.CC. The van der Waals surface area contributed by atoms with Crippen LogP contribution in [0.15, 0.2) is 47.4 Å². The van der Waals surface area contributed by atoms with Gasteiger partial charge in [0.1, 0.15) is 17.2 Å². The molecule has 0 fully saturated rings. The minimum absolute atomic E-state index is 0.0458. The third-order valence-corrected chi connectivity index (χ3v) is 6.27. The predicted molar refractivity (Wildman–Crippen MR) is 145 cm³/mol. The second-order valence-corrected chi connectivity index (χ2v) is 9.38. The average molecular weight is 513 g/mol. The van der Waals surface area contributed by atoms with Crippen molar-refractivity contribution in [3.63, 3.8) is 0 Å². The van der Waals surface area contributed by atoms with Crippen LogP contribution in [0, 0.1) is 6.92 Å². The van der Waals surface area contributed by atoms with E-state index in [4.69, 9.17) is 25.5 Å². The lowest BCUT2D eigenvalue weighted by molar-refractivity contribution is -0.119. The van der Waals surface area contributed by atoms with E-state index in [0.717, 1.165) is 16.8 Å². The molecule has 0 spiro atoms. The first-order valence-electron chi connectivity index (χ1n) is 11.7. The summed E-state index contributed by atoms with van der Waals surface area (Å²) < 4.78 is 17.2. The molecule has 0 saturated carbocycles. The number of rotatable bonds is 6. The summed E-state index contributed by atoms with van der Waals surface area (Å²) in [6.07, 6.45) is 0.397. The van der Waals surface area contributed by atoms with Gasteiger partial charge in [0.25, 0.3) is 5.95 Å². The van der Waals surface area contributed by atoms with Gasteiger partial charge in [0.2, 0.25) is 5.91 Å². The maximum atomic E-state index is 12.3. The van der Waals surface area contributed by atoms with Gasteiger partial charge in [-0.15, -0.1) is 0 Å². The number of carbonyl (C=O) groups excluding carboxylic acids is 1. The Balaban J connectivity index is 0.00000176. The number of aryl methyl sites for hydroxylation is 1. The van der Waals surface area contributed by atoms with Crippen molar-refractivity contribution in [1.29, 1.82) is 0 Å². The highest BCUT2D eigenvalue weighted by atomic mass is 35.5. The number of phenols is 1. The number of benzene rings is 2. The molecule has 2 N–H and O–H groups in total. The Kier molecular flexibility index (Phi) is 7.94. The minimum atomic E-state index is -0.352. The first-order valence-corrected chi connectivity index (χ1v) is 12.1. The molecule has 1 aliphatic rings. The van der Waals surface area contributed by atoms with E-state index in [0.29, 0.717) is 40.1 Å². The summed E-state index contributed by atoms with van der Waals surface area (Å²) in [5.41, 5.74) is 3.33. The normalized spacial score (nSPS) is 13.9. The number of fused-ring (bicyclic) bond motifs is 1. The van der Waals surface area contributed by atoms with Crippen LogP contribution in [-0.2, 0) is 10.2 Å². The van der Waals surface area contributed by atoms with Crippen molar-refractivity contribution in [3.05, 3.63) is 64.9 Å². The molecule has 2 heterocycles. The Morgan fingerprint density at radius 3 is 2.56 bits per heavy atom. The molecule has 2 aromatic carbocycles. The van der Waals surface area contributed by atoms with Gasteiger partial charge in [-0.05, 0) is 42.3 Å². The van der Waals surface area contributed by atoms with Gasteiger partial charge in [-0.1, -0.05) is 45.9 Å². The summed E-state index contributed by atoms with van der Waals surface area (Å²) in [6.45, 7) is 13.9. The summed E-state index contributed by atoms with van der Waals surface area (Å²) >= 11 is 6.49. The van der Waals surface area contributed by atoms with E-state index in [9.17, 15) is 9.90 Å². The Morgan fingerprint density at radius 2 is 1.89 bits per heavy atom. The van der Waals surface area contributed by atoms with Crippen LogP contribution >= 0.6 is 11.6 Å². The van der Waals surface area contributed by atoms with Gasteiger partial charge in [0, 0.05) is 36.7 Å². The van der Waals surface area contributed by atoms with E-state index in [1.54, 1.807) is 36.2 Å². The van der Waals surface area contributed by atoms with Crippen LogP contribution in [0.3, 0.4) is 0 Å². The fourth-order valence-corrected chi connectivity index (χ4v) is 4.28. The number of nitrogens with one attached hydrogen (secondary N) is 1. The van der Waals surface area contributed by atoms with Crippen LogP contribution in [0.25, 0.3) is 5.70 Å². The highest BCUT2D eigenvalue weighted by Gasteiger charge is 2.36. The number of furan rings is 1. The fourth-order valence-electron chi connectivity index (χ4n) is 4.08. The van der Waals surface area contributed by atoms with Crippen molar-refractivity contribution in [1.82, 2.24) is 0 Å². The van der Waals surface area contributed by atoms with Gasteiger partial charge in [-0.2, -0.15) is 0 Å². The molecule has 8 heteroatoms. The second-order valence-electron chi connectivity index (χ2n) is 8.98. The van der Waals surface area contributed by atoms with Crippen LogP contribution in [0.1, 0.15) is 51.0 Å². The summed E-state index contributed by atoms with van der Waals surface area (Å²) in [5.74, 6) is 1.78. The molecule has 1 aromatic heterocycles. The number of nitrogens with zero attached hydrogens (tertiary/aromatic N) is 1. The number of anilines is 2. The fraction of sp³-hybridized carbons (Fsp3) is 0.321. The van der Waals surface area contributed by atoms with Crippen LogP contribution in [0.5, 0.6) is 23.2 Å². The van der Waals surface area contributed by atoms with Crippen molar-refractivity contribution in [3.8, 4) is 23.2 Å². The van der Waals surface area contributed by atoms with E-state index in [-0.39, 0.29) is 23.0 Å². The number of carbonyl (C=O) groups is 1. The number of ether oxygens (including phenoxy) is 2. The summed E-state index contributed by atoms with van der Waals surface area (Å²) in [7, 11) is 3.27. The topological polar surface area (TPSA) is 84.2 Å². The molecule has 3 aromatic rings. The van der Waals surface area contributed by atoms with E-state index in [2.05, 4.69) is 11.9 Å². The predicted octanol–water partition coefficient (Wildman–Crippen LogP) is 7.50. The van der Waals surface area contributed by atoms with Crippen LogP contribution in [0.2, 0.25) is 5.02 Å². The largest absolute Gasteiger partial charge is 0.508 e. The average Bonchev–Trinajstić information content (AvgIpc) is 3.30. The lowest BCUT2D eigenvalue weighted by Gasteiger charge is -2.37. The van der Waals surface area contributed by atoms with E-state index >= 15 is 0 Å². The zero-order valence-electron chi connectivity index (χ0n) is 21.8. The number of hydrogen-bond donors (Lipinski definition) is 2. The van der Waals surface area contributed by atoms with Crippen molar-refractivity contribution >= 4 is 34.6 Å². The van der Waals surface area contributed by atoms with E-state index in [1.165, 1.54) is 13.2 Å². The number of hydrogen-bond acceptors (Lipinski definition) is 6. The molecule has 0 saturated heterocycles. The quantitative estimate of drug-likeness (QED) is 0.332. The third-order valence-electron chi connectivity index (χ3n) is 5.98. The molecule has 0 unspecified atom stereocenters. The Labute approximate surface area is 217 Å². The van der Waals surface area contributed by atoms with Gasteiger partial charge < -0.3 is 29.2 Å². The zero-order valence-corrected chi connectivity index (χ0v) is 22.5. The molecule has 7 nitrogen and oxygen atoms in total. The van der Waals surface area contributed by atoms with Gasteiger partial charge >= 0.3 is 0 Å². The van der Waals surface area contributed by atoms with Gasteiger partial charge in [-0.3, -0.25) is 4.79 Å². The summed E-state index contributed by atoms with van der Waals surface area (Å²) in [4.78, 5) is 14.0. The highest BCUT2D eigenvalue weighted by molar-refractivity contribution is 6.32. The molecule has 0 aliphatic carbocycles. The number of amides is 1. The smallest absolute Gasteiger partial charge is 0.290 e. The second kappa shape index (κ2) is 10.6. The van der Waals surface area contributed by atoms with Crippen molar-refractivity contribution < 1.29 is 23.8 Å². The summed E-state index contributed by atoms with van der Waals surface area (Å²) in [5, 5.41) is 13.4. The first-order chi connectivity index (χ1) is 17.0. The number of methoxy groups -OCH3 is 1. The lowest BCUT2D eigenvalue weighted by Crippen LogP contribution is -2.39. The van der Waals surface area contributed by atoms with Crippen LogP contribution < -0.4 is 19.7 Å². The molecule has 4 rings (SSSR count). The third kappa shape index (κ3) is 5.31. The molecule has 0 atom stereocenters. The van der Waals surface area contributed by atoms with Crippen molar-refractivity contribution in [2.24, 2.45) is 0 Å². The highest BCUT2D eigenvalue weighted by Crippen LogP contribution is 2.45. The van der Waals surface area contributed by atoms with Gasteiger partial charge in [0.05, 0.1) is 23.5 Å². The van der Waals surface area contributed by atoms with Gasteiger partial charge in [-0.25, -0.2) is 0 Å². The number of halogens is 1. The molecular formula is C28H33ClN2O5. The molecule has 0 bridgehead atoms. The molecule has 36 heavy (non-hydrogen) atoms. The minimum Gasteiger partial charge on any atom is -0.508 e. The van der Waals surface area contributed by atoms with E-state index in [1.807, 2.05) is 40.7 Å². The Hall–Kier alpha value is -3.58. The molecular weight excluding hydrogens is 480 g/mol. The first kappa shape index (κ1) is 27.0. The summed E-state index contributed by atoms with van der Waals surface area (Å²) in [6, 6.07) is 10.2. The van der Waals surface area contributed by atoms with Crippen LogP contribution in [-0.4, -0.2) is 25.2 Å². The number of phenolic OH excluding ortho intramolecular Hbond substituents is 1. The van der Waals surface area contributed by atoms with Crippen LogP contribution in [0.4, 0.5) is 11.4 Å². The maximum Gasteiger partial charge on any atom is 0.290 e. The Morgan fingerprint density at radius 1 is 1.19 bits per heavy atom. The lowest BCUT2D eigenvalue weighted by atomic mass is 9.77. The molecule has 0 radical (unpaired) electrons. The van der Waals surface area contributed by atoms with E-state index < -0.39 is 0 Å². The monoisotopic (exact) mass is 512 g/mol. The zero-order chi connectivity index (χ0) is 26.8. The van der Waals surface area contributed by atoms with Crippen molar-refractivity contribution in [2.45, 2.75) is 46.5 Å². The van der Waals surface area contributed by atoms with Gasteiger partial charge in [0.15, 0.2) is 5.76 Å². The standard InChI is InChI=1S/C26H27ClN2O5.C2H6/c1-14-9-16(30)10-22(32-6)25(14)28-15(2)20-7-8-24(33-20)34-21-11-17-19(12-18(21)27)29(5)23(31)13-26(17,3)4;1-2/h7-12,28,30H,2,13H2,1,3-6H3;1-2H3.